The SMILES string of the molecule is COc1cc(CC(=O)N2CCCC2Cc2ccccc2)cc(OC)c1OC. The molecule has 1 amide bonds. The van der Waals surface area contributed by atoms with Gasteiger partial charge in [-0.15, -0.1) is 0 Å². The van der Waals surface area contributed by atoms with Crippen LogP contribution >= 0.6 is 0 Å². The highest BCUT2D eigenvalue weighted by molar-refractivity contribution is 5.80. The zero-order chi connectivity index (χ0) is 19.2. The number of carbonyl (C=O) groups is 1. The Hall–Kier alpha value is -2.69. The first kappa shape index (κ1) is 19.1. The van der Waals surface area contributed by atoms with E-state index in [9.17, 15) is 4.79 Å². The zero-order valence-electron chi connectivity index (χ0n) is 16.2. The first-order chi connectivity index (χ1) is 13.2. The number of benzene rings is 2. The fourth-order valence-electron chi connectivity index (χ4n) is 3.78. The Kier molecular flexibility index (Phi) is 6.22. The van der Waals surface area contributed by atoms with E-state index in [1.54, 1.807) is 21.3 Å². The summed E-state index contributed by atoms with van der Waals surface area (Å²) in [7, 11) is 4.74. The number of ether oxygens (including phenoxy) is 3. The molecule has 0 aromatic heterocycles. The van der Waals surface area contributed by atoms with E-state index in [2.05, 4.69) is 12.1 Å². The molecule has 27 heavy (non-hydrogen) atoms. The van der Waals surface area contributed by atoms with E-state index >= 15 is 0 Å². The van der Waals surface area contributed by atoms with E-state index in [0.29, 0.717) is 23.7 Å². The van der Waals surface area contributed by atoms with Gasteiger partial charge in [-0.1, -0.05) is 30.3 Å². The van der Waals surface area contributed by atoms with Gasteiger partial charge in [-0.2, -0.15) is 0 Å². The summed E-state index contributed by atoms with van der Waals surface area (Å²) in [6.45, 7) is 0.820. The maximum Gasteiger partial charge on any atom is 0.227 e. The van der Waals surface area contributed by atoms with Crippen LogP contribution in [-0.2, 0) is 17.6 Å². The molecule has 3 rings (SSSR count). The van der Waals surface area contributed by atoms with Crippen molar-refractivity contribution in [1.29, 1.82) is 0 Å². The highest BCUT2D eigenvalue weighted by Gasteiger charge is 2.29. The van der Waals surface area contributed by atoms with Crippen LogP contribution in [0.3, 0.4) is 0 Å². The van der Waals surface area contributed by atoms with Gasteiger partial charge in [0.25, 0.3) is 0 Å². The fraction of sp³-hybridized carbons (Fsp3) is 0.409. The van der Waals surface area contributed by atoms with Gasteiger partial charge in [0.15, 0.2) is 11.5 Å². The predicted molar refractivity (Wildman–Crippen MR) is 105 cm³/mol. The molecule has 0 spiro atoms. The van der Waals surface area contributed by atoms with Crippen LogP contribution in [0.25, 0.3) is 0 Å². The standard InChI is InChI=1S/C22H27NO4/c1-25-19-13-17(14-20(26-2)22(19)27-3)15-21(24)23-11-7-10-18(23)12-16-8-5-4-6-9-16/h4-6,8-9,13-14,18H,7,10-12,15H2,1-3H3. The number of hydrogen-bond acceptors (Lipinski definition) is 4. The minimum atomic E-state index is 0.141. The van der Waals surface area contributed by atoms with Gasteiger partial charge in [0.1, 0.15) is 0 Å². The number of nitrogens with zero attached hydrogens (tertiary/aromatic N) is 1. The molecule has 1 aliphatic heterocycles. The van der Waals surface area contributed by atoms with Crippen molar-refractivity contribution < 1.29 is 19.0 Å². The Morgan fingerprint density at radius 1 is 1.00 bits per heavy atom. The van der Waals surface area contributed by atoms with Crippen molar-refractivity contribution in [3.8, 4) is 17.2 Å². The highest BCUT2D eigenvalue weighted by Crippen LogP contribution is 2.38. The van der Waals surface area contributed by atoms with Crippen LogP contribution in [0.2, 0.25) is 0 Å². The van der Waals surface area contributed by atoms with Crippen molar-refractivity contribution in [3.63, 3.8) is 0 Å². The number of likely N-dealkylation sites (tertiary alicyclic amines) is 1. The van der Waals surface area contributed by atoms with Crippen LogP contribution in [0.15, 0.2) is 42.5 Å². The smallest absolute Gasteiger partial charge is 0.227 e. The van der Waals surface area contributed by atoms with Crippen molar-refractivity contribution in [3.05, 3.63) is 53.6 Å². The number of amides is 1. The normalized spacial score (nSPS) is 16.3. The lowest BCUT2D eigenvalue weighted by molar-refractivity contribution is -0.131. The molecule has 1 heterocycles. The highest BCUT2D eigenvalue weighted by atomic mass is 16.5. The van der Waals surface area contributed by atoms with Gasteiger partial charge in [-0.25, -0.2) is 0 Å². The molecule has 0 saturated carbocycles. The number of methoxy groups -OCH3 is 3. The molecule has 2 aromatic carbocycles. The van der Waals surface area contributed by atoms with Crippen molar-refractivity contribution in [2.75, 3.05) is 27.9 Å². The summed E-state index contributed by atoms with van der Waals surface area (Å²) in [5, 5.41) is 0. The van der Waals surface area contributed by atoms with Crippen LogP contribution in [0, 0.1) is 0 Å². The second-order valence-corrected chi connectivity index (χ2v) is 6.78. The third-order valence-corrected chi connectivity index (χ3v) is 5.09. The molecule has 1 aliphatic rings. The first-order valence-corrected chi connectivity index (χ1v) is 9.28. The van der Waals surface area contributed by atoms with Gasteiger partial charge in [-0.05, 0) is 42.5 Å². The van der Waals surface area contributed by atoms with E-state index in [1.807, 2.05) is 35.2 Å². The summed E-state index contributed by atoms with van der Waals surface area (Å²) in [5.74, 6) is 1.82. The zero-order valence-corrected chi connectivity index (χ0v) is 16.2. The maximum absolute atomic E-state index is 13.0. The second kappa shape index (κ2) is 8.80. The molecular formula is C22H27NO4. The van der Waals surface area contributed by atoms with Gasteiger partial charge in [-0.3, -0.25) is 4.79 Å². The average molecular weight is 369 g/mol. The summed E-state index contributed by atoms with van der Waals surface area (Å²) < 4.78 is 16.1. The van der Waals surface area contributed by atoms with Crippen molar-refractivity contribution >= 4 is 5.91 Å². The quantitative estimate of drug-likeness (QED) is 0.750. The van der Waals surface area contributed by atoms with Crippen molar-refractivity contribution in [2.45, 2.75) is 31.7 Å². The van der Waals surface area contributed by atoms with Crippen molar-refractivity contribution in [2.24, 2.45) is 0 Å². The van der Waals surface area contributed by atoms with Gasteiger partial charge in [0.2, 0.25) is 11.7 Å². The lowest BCUT2D eigenvalue weighted by Crippen LogP contribution is -2.37. The molecule has 5 nitrogen and oxygen atoms in total. The molecule has 1 atom stereocenters. The largest absolute Gasteiger partial charge is 0.493 e. The molecule has 2 aromatic rings. The fourth-order valence-corrected chi connectivity index (χ4v) is 3.78. The lowest BCUT2D eigenvalue weighted by atomic mass is 10.0. The maximum atomic E-state index is 13.0. The van der Waals surface area contributed by atoms with Crippen LogP contribution in [0.4, 0.5) is 0 Å². The van der Waals surface area contributed by atoms with E-state index in [0.717, 1.165) is 31.4 Å². The topological polar surface area (TPSA) is 48.0 Å². The van der Waals surface area contributed by atoms with E-state index in [4.69, 9.17) is 14.2 Å². The summed E-state index contributed by atoms with van der Waals surface area (Å²) >= 11 is 0. The average Bonchev–Trinajstić information content (AvgIpc) is 3.16. The van der Waals surface area contributed by atoms with Gasteiger partial charge >= 0.3 is 0 Å². The Morgan fingerprint density at radius 2 is 1.67 bits per heavy atom. The van der Waals surface area contributed by atoms with Crippen molar-refractivity contribution in [1.82, 2.24) is 4.90 Å². The van der Waals surface area contributed by atoms with Crippen LogP contribution < -0.4 is 14.2 Å². The molecule has 1 fully saturated rings. The van der Waals surface area contributed by atoms with Crippen LogP contribution in [0.1, 0.15) is 24.0 Å². The van der Waals surface area contributed by atoms with E-state index < -0.39 is 0 Å². The van der Waals surface area contributed by atoms with Gasteiger partial charge in [0, 0.05) is 12.6 Å². The molecule has 0 N–H and O–H groups in total. The second-order valence-electron chi connectivity index (χ2n) is 6.78. The Labute approximate surface area is 160 Å². The number of carbonyl (C=O) groups excluding carboxylic acids is 1. The van der Waals surface area contributed by atoms with Gasteiger partial charge in [0.05, 0.1) is 27.8 Å². The molecule has 0 aliphatic carbocycles. The summed E-state index contributed by atoms with van der Waals surface area (Å²) in [4.78, 5) is 15.0. The Balaban J connectivity index is 1.74. The monoisotopic (exact) mass is 369 g/mol. The van der Waals surface area contributed by atoms with E-state index in [1.165, 1.54) is 5.56 Å². The molecule has 5 heteroatoms. The number of hydrogen-bond donors (Lipinski definition) is 0. The molecule has 1 saturated heterocycles. The lowest BCUT2D eigenvalue weighted by Gasteiger charge is -2.25. The predicted octanol–water partition coefficient (Wildman–Crippen LogP) is 3.49. The summed E-state index contributed by atoms with van der Waals surface area (Å²) in [6, 6.07) is 14.3. The number of rotatable bonds is 7. The Morgan fingerprint density at radius 3 is 2.26 bits per heavy atom. The molecule has 144 valence electrons. The third-order valence-electron chi connectivity index (χ3n) is 5.09. The summed E-state index contributed by atoms with van der Waals surface area (Å²) in [5.41, 5.74) is 2.13. The van der Waals surface area contributed by atoms with Crippen LogP contribution in [-0.4, -0.2) is 44.7 Å². The molecule has 0 bridgehead atoms. The first-order valence-electron chi connectivity index (χ1n) is 9.28. The Bertz CT molecular complexity index is 750. The minimum Gasteiger partial charge on any atom is -0.493 e. The molecule has 1 unspecified atom stereocenters. The molecule has 0 radical (unpaired) electrons. The minimum absolute atomic E-state index is 0.141. The van der Waals surface area contributed by atoms with Gasteiger partial charge < -0.3 is 19.1 Å². The van der Waals surface area contributed by atoms with E-state index in [-0.39, 0.29) is 11.9 Å². The molecular weight excluding hydrogens is 342 g/mol. The third kappa shape index (κ3) is 4.35. The summed E-state index contributed by atoms with van der Waals surface area (Å²) in [6.07, 6.45) is 3.33. The van der Waals surface area contributed by atoms with Crippen LogP contribution in [0.5, 0.6) is 17.2 Å².